The summed E-state index contributed by atoms with van der Waals surface area (Å²) in [6, 6.07) is 5.44. The first-order valence-electron chi connectivity index (χ1n) is 9.23. The lowest BCUT2D eigenvalue weighted by atomic mass is 9.91. The molecule has 0 amide bonds. The van der Waals surface area contributed by atoms with Crippen LogP contribution in [-0.2, 0) is 23.1 Å². The zero-order valence-electron chi connectivity index (χ0n) is 17.2. The number of methoxy groups -OCH3 is 1. The van der Waals surface area contributed by atoms with Gasteiger partial charge in [0.2, 0.25) is 0 Å². The quantitative estimate of drug-likeness (QED) is 0.147. The van der Waals surface area contributed by atoms with Gasteiger partial charge in [0.25, 0.3) is 12.1 Å². The van der Waals surface area contributed by atoms with Gasteiger partial charge in [-0.3, -0.25) is 10.1 Å². The predicted octanol–water partition coefficient (Wildman–Crippen LogP) is 6.22. The third-order valence-corrected chi connectivity index (χ3v) is 5.44. The van der Waals surface area contributed by atoms with E-state index in [0.717, 1.165) is 18.9 Å². The van der Waals surface area contributed by atoms with Gasteiger partial charge in [0.15, 0.2) is 0 Å². The summed E-state index contributed by atoms with van der Waals surface area (Å²) in [6.45, 7) is 3.30. The Bertz CT molecular complexity index is 1010. The van der Waals surface area contributed by atoms with Gasteiger partial charge in [0.1, 0.15) is 11.4 Å². The van der Waals surface area contributed by atoms with Crippen molar-refractivity contribution in [3.8, 4) is 0 Å². The molecule has 32 heavy (non-hydrogen) atoms. The number of nitro groups is 1. The molecule has 0 spiro atoms. The van der Waals surface area contributed by atoms with Crippen LogP contribution in [0.1, 0.15) is 53.1 Å². The second kappa shape index (κ2) is 10.2. The largest absolute Gasteiger partial charge is 0.465 e. The van der Waals surface area contributed by atoms with Gasteiger partial charge in [-0.05, 0) is 29.5 Å². The summed E-state index contributed by atoms with van der Waals surface area (Å²) in [5.41, 5.74) is -4.62. The molecule has 0 aliphatic carbocycles. The first-order valence-corrected chi connectivity index (χ1v) is 10.2. The van der Waals surface area contributed by atoms with Gasteiger partial charge < -0.3 is 4.74 Å². The van der Waals surface area contributed by atoms with Crippen molar-refractivity contribution in [1.29, 1.82) is 0 Å². The summed E-state index contributed by atoms with van der Waals surface area (Å²) in [5, 5.41) is 11.2. The fourth-order valence-electron chi connectivity index (χ4n) is 3.08. The van der Waals surface area contributed by atoms with Gasteiger partial charge in [-0.2, -0.15) is 13.2 Å². The lowest BCUT2D eigenvalue weighted by Crippen LogP contribution is -2.22. The van der Waals surface area contributed by atoms with Crippen LogP contribution >= 0.6 is 11.8 Å². The van der Waals surface area contributed by atoms with E-state index in [1.54, 1.807) is 13.8 Å². The molecular weight excluding hydrogens is 459 g/mol. The van der Waals surface area contributed by atoms with E-state index >= 15 is 0 Å². The molecule has 12 heteroatoms. The number of nitro benzene ring substituents is 1. The van der Waals surface area contributed by atoms with E-state index in [-0.39, 0.29) is 28.5 Å². The van der Waals surface area contributed by atoms with Crippen LogP contribution in [-0.4, -0.2) is 23.0 Å². The fraction of sp³-hybridized carbons (Fsp3) is 0.400. The van der Waals surface area contributed by atoms with Crippen LogP contribution in [0.2, 0.25) is 0 Å². The Morgan fingerprint density at radius 3 is 2.34 bits per heavy atom. The van der Waals surface area contributed by atoms with Crippen molar-refractivity contribution in [1.82, 2.24) is 4.98 Å². The Hall–Kier alpha value is -2.76. The fourth-order valence-corrected chi connectivity index (χ4v) is 4.16. The lowest BCUT2D eigenvalue weighted by Gasteiger charge is -2.22. The Morgan fingerprint density at radius 1 is 1.22 bits per heavy atom. The van der Waals surface area contributed by atoms with E-state index in [1.165, 1.54) is 24.3 Å². The standard InChI is InChI=1S/C20H19F5N2O4S/c1-10(2)8-11-12(9-32-14-7-5-4-6-13(14)27(29)30)17(20(23,24)25)26-16(18(21)22)15(11)19(28)31-3/h4-7,10,18H,8-9H2,1-3H3. The minimum atomic E-state index is -5.09. The van der Waals surface area contributed by atoms with E-state index in [9.17, 15) is 36.9 Å². The van der Waals surface area contributed by atoms with Crippen LogP contribution in [0.5, 0.6) is 0 Å². The molecular formula is C20H19F5N2O4S. The molecule has 0 atom stereocenters. The first kappa shape index (κ1) is 25.5. The number of carbonyl (C=O) groups is 1. The highest BCUT2D eigenvalue weighted by Crippen LogP contribution is 2.41. The lowest BCUT2D eigenvalue weighted by molar-refractivity contribution is -0.387. The molecule has 0 fully saturated rings. The summed E-state index contributed by atoms with van der Waals surface area (Å²) in [5.74, 6) is -2.02. The average Bonchev–Trinajstić information content (AvgIpc) is 2.70. The third kappa shape index (κ3) is 5.72. The number of nitrogens with zero attached hydrogens (tertiary/aromatic N) is 2. The second-order valence-electron chi connectivity index (χ2n) is 7.08. The van der Waals surface area contributed by atoms with Crippen molar-refractivity contribution >= 4 is 23.4 Å². The van der Waals surface area contributed by atoms with Gasteiger partial charge in [-0.25, -0.2) is 18.6 Å². The maximum Gasteiger partial charge on any atom is 0.433 e. The molecule has 1 heterocycles. The molecule has 1 aromatic heterocycles. The van der Waals surface area contributed by atoms with Gasteiger partial charge in [0, 0.05) is 11.8 Å². The highest BCUT2D eigenvalue weighted by molar-refractivity contribution is 7.98. The number of pyridine rings is 1. The minimum Gasteiger partial charge on any atom is -0.465 e. The van der Waals surface area contributed by atoms with Crippen LogP contribution in [0.4, 0.5) is 27.6 Å². The van der Waals surface area contributed by atoms with Crippen LogP contribution in [0, 0.1) is 16.0 Å². The summed E-state index contributed by atoms with van der Waals surface area (Å²) in [7, 11) is 0.927. The Kier molecular flexibility index (Phi) is 8.16. The molecule has 2 aromatic rings. The highest BCUT2D eigenvalue weighted by atomic mass is 32.2. The predicted molar refractivity (Wildman–Crippen MR) is 107 cm³/mol. The number of aromatic nitrogens is 1. The number of hydrogen-bond donors (Lipinski definition) is 0. The number of benzene rings is 1. The SMILES string of the molecule is COC(=O)c1c(C(F)F)nc(C(F)(F)F)c(CSc2ccccc2[N+](=O)[O-])c1CC(C)C. The van der Waals surface area contributed by atoms with Crippen molar-refractivity contribution < 1.29 is 36.4 Å². The highest BCUT2D eigenvalue weighted by Gasteiger charge is 2.40. The van der Waals surface area contributed by atoms with Gasteiger partial charge in [-0.1, -0.05) is 26.0 Å². The van der Waals surface area contributed by atoms with Crippen molar-refractivity contribution in [2.24, 2.45) is 5.92 Å². The number of hydrogen-bond acceptors (Lipinski definition) is 6. The number of halogens is 5. The zero-order chi connectivity index (χ0) is 24.2. The summed E-state index contributed by atoms with van der Waals surface area (Å²) in [6.07, 6.45) is -8.68. The summed E-state index contributed by atoms with van der Waals surface area (Å²) >= 11 is 0.721. The van der Waals surface area contributed by atoms with Gasteiger partial charge in [0.05, 0.1) is 22.5 Å². The molecule has 0 unspecified atom stereocenters. The molecule has 6 nitrogen and oxygen atoms in total. The number of para-hydroxylation sites is 1. The molecule has 1 aromatic carbocycles. The van der Waals surface area contributed by atoms with Gasteiger partial charge in [-0.15, -0.1) is 11.8 Å². The van der Waals surface area contributed by atoms with Crippen LogP contribution in [0.3, 0.4) is 0 Å². The zero-order valence-corrected chi connectivity index (χ0v) is 18.0. The summed E-state index contributed by atoms with van der Waals surface area (Å²) in [4.78, 5) is 26.1. The number of alkyl halides is 5. The molecule has 0 aliphatic heterocycles. The van der Waals surface area contributed by atoms with E-state index in [1.807, 2.05) is 0 Å². The van der Waals surface area contributed by atoms with E-state index < -0.39 is 51.8 Å². The third-order valence-electron chi connectivity index (χ3n) is 4.35. The number of thioether (sulfide) groups is 1. The molecule has 0 N–H and O–H groups in total. The molecule has 0 saturated carbocycles. The number of esters is 1. The smallest absolute Gasteiger partial charge is 0.433 e. The minimum absolute atomic E-state index is 0.0821. The molecule has 2 rings (SSSR count). The van der Waals surface area contributed by atoms with Crippen LogP contribution < -0.4 is 0 Å². The number of carbonyl (C=O) groups excluding carboxylic acids is 1. The van der Waals surface area contributed by atoms with E-state index in [2.05, 4.69) is 9.72 Å². The molecule has 0 bridgehead atoms. The summed E-state index contributed by atoms with van der Waals surface area (Å²) < 4.78 is 73.2. The number of rotatable bonds is 8. The molecule has 0 aliphatic rings. The molecule has 0 saturated heterocycles. The first-order chi connectivity index (χ1) is 14.9. The maximum absolute atomic E-state index is 13.8. The topological polar surface area (TPSA) is 82.3 Å². The van der Waals surface area contributed by atoms with Crippen molar-refractivity contribution in [2.45, 2.75) is 43.5 Å². The van der Waals surface area contributed by atoms with Crippen molar-refractivity contribution in [3.63, 3.8) is 0 Å². The van der Waals surface area contributed by atoms with Crippen LogP contribution in [0.25, 0.3) is 0 Å². The Morgan fingerprint density at radius 2 is 1.84 bits per heavy atom. The Labute approximate surface area is 184 Å². The molecule has 174 valence electrons. The van der Waals surface area contributed by atoms with Gasteiger partial charge >= 0.3 is 12.1 Å². The van der Waals surface area contributed by atoms with Crippen molar-refractivity contribution in [2.75, 3.05) is 7.11 Å². The van der Waals surface area contributed by atoms with Crippen molar-refractivity contribution in [3.05, 3.63) is 62.5 Å². The normalized spacial score (nSPS) is 11.8. The van der Waals surface area contributed by atoms with E-state index in [4.69, 9.17) is 0 Å². The number of ether oxygens (including phenoxy) is 1. The second-order valence-corrected chi connectivity index (χ2v) is 8.10. The maximum atomic E-state index is 13.8. The van der Waals surface area contributed by atoms with E-state index in [0.29, 0.717) is 0 Å². The average molecular weight is 478 g/mol. The van der Waals surface area contributed by atoms with Crippen LogP contribution in [0.15, 0.2) is 29.2 Å². The Balaban J connectivity index is 2.78. The monoisotopic (exact) mass is 478 g/mol. The molecule has 0 radical (unpaired) electrons.